The molecule has 0 heterocycles. The van der Waals surface area contributed by atoms with Gasteiger partial charge in [-0.2, -0.15) is 0 Å². The summed E-state index contributed by atoms with van der Waals surface area (Å²) in [7, 11) is 0. The Morgan fingerprint density at radius 3 is 1.37 bits per heavy atom. The van der Waals surface area contributed by atoms with E-state index in [2.05, 4.69) is 0 Å². The number of phenolic OH excluding ortho intramolecular Hbond substituents is 2. The molecule has 0 unspecified atom stereocenters. The molecular weight excluding hydrogens is 376 g/mol. The first-order valence-corrected chi connectivity index (χ1v) is 10.0. The van der Waals surface area contributed by atoms with E-state index in [0.29, 0.717) is 13.2 Å². The highest BCUT2D eigenvalue weighted by molar-refractivity contribution is 5.85. The van der Waals surface area contributed by atoms with Gasteiger partial charge in [-0.15, -0.1) is 0 Å². The van der Waals surface area contributed by atoms with Crippen LogP contribution in [0.4, 0.5) is 0 Å². The van der Waals surface area contributed by atoms with Crippen LogP contribution in [0.15, 0.2) is 84.9 Å². The third kappa shape index (κ3) is 5.23. The van der Waals surface area contributed by atoms with Gasteiger partial charge >= 0.3 is 0 Å². The van der Waals surface area contributed by atoms with Gasteiger partial charge in [0.1, 0.15) is 23.0 Å². The van der Waals surface area contributed by atoms with Gasteiger partial charge in [0.25, 0.3) is 0 Å². The molecule has 0 aliphatic heterocycles. The minimum atomic E-state index is 0.273. The summed E-state index contributed by atoms with van der Waals surface area (Å²) in [5.74, 6) is 2.19. The van der Waals surface area contributed by atoms with Crippen molar-refractivity contribution in [3.8, 4) is 23.0 Å². The molecule has 4 heteroatoms. The Labute approximate surface area is 176 Å². The molecule has 4 nitrogen and oxygen atoms in total. The van der Waals surface area contributed by atoms with E-state index in [-0.39, 0.29) is 11.5 Å². The van der Waals surface area contributed by atoms with E-state index in [4.69, 9.17) is 9.47 Å². The lowest BCUT2D eigenvalue weighted by molar-refractivity contribution is 0.321. The molecule has 0 fully saturated rings. The van der Waals surface area contributed by atoms with Crippen LogP contribution in [0.1, 0.15) is 11.1 Å². The van der Waals surface area contributed by atoms with E-state index in [1.165, 1.54) is 0 Å². The Kier molecular flexibility index (Phi) is 6.04. The predicted octanol–water partition coefficient (Wildman–Crippen LogP) is 5.49. The van der Waals surface area contributed by atoms with Crippen molar-refractivity contribution in [1.29, 1.82) is 0 Å². The number of aromatic hydroxyl groups is 2. The molecule has 0 bridgehead atoms. The van der Waals surface area contributed by atoms with Crippen molar-refractivity contribution in [2.24, 2.45) is 0 Å². The summed E-state index contributed by atoms with van der Waals surface area (Å²) in [5.41, 5.74) is 2.25. The van der Waals surface area contributed by atoms with Gasteiger partial charge in [0.15, 0.2) is 0 Å². The van der Waals surface area contributed by atoms with Gasteiger partial charge in [-0.3, -0.25) is 0 Å². The Hall–Kier alpha value is -3.66. The van der Waals surface area contributed by atoms with Crippen molar-refractivity contribution < 1.29 is 19.7 Å². The SMILES string of the molecule is Oc1ccc(CCOc2ccc3ccc(OCCc4ccc(O)cc4)cc3c2)cc1. The standard InChI is InChI=1S/C26H24O4/c27-23-7-1-19(2-8-23)13-15-29-25-11-5-21-6-12-26(18-22(21)17-25)30-16-14-20-3-9-24(28)10-4-20/h1-12,17-18,27-28H,13-16H2. The van der Waals surface area contributed by atoms with E-state index >= 15 is 0 Å². The van der Waals surface area contributed by atoms with Crippen molar-refractivity contribution in [1.82, 2.24) is 0 Å². The zero-order valence-electron chi connectivity index (χ0n) is 16.6. The summed E-state index contributed by atoms with van der Waals surface area (Å²) < 4.78 is 11.8. The highest BCUT2D eigenvalue weighted by atomic mass is 16.5. The molecule has 4 aromatic rings. The van der Waals surface area contributed by atoms with Crippen LogP contribution in [0.5, 0.6) is 23.0 Å². The van der Waals surface area contributed by atoms with Gasteiger partial charge in [0, 0.05) is 12.8 Å². The maximum absolute atomic E-state index is 9.35. The van der Waals surface area contributed by atoms with E-state index in [9.17, 15) is 10.2 Å². The van der Waals surface area contributed by atoms with Crippen molar-refractivity contribution >= 4 is 10.8 Å². The van der Waals surface area contributed by atoms with Crippen LogP contribution in [0.3, 0.4) is 0 Å². The first-order chi connectivity index (χ1) is 14.7. The summed E-state index contributed by atoms with van der Waals surface area (Å²) in [6.45, 7) is 1.14. The second kappa shape index (κ2) is 9.23. The first kappa shape index (κ1) is 19.6. The smallest absolute Gasteiger partial charge is 0.119 e. The molecule has 0 aromatic heterocycles. The quantitative estimate of drug-likeness (QED) is 0.410. The highest BCUT2D eigenvalue weighted by Crippen LogP contribution is 2.25. The van der Waals surface area contributed by atoms with Crippen LogP contribution in [0, 0.1) is 0 Å². The Balaban J connectivity index is 1.34. The highest BCUT2D eigenvalue weighted by Gasteiger charge is 2.02. The topological polar surface area (TPSA) is 58.9 Å². The number of hydrogen-bond donors (Lipinski definition) is 2. The van der Waals surface area contributed by atoms with Gasteiger partial charge < -0.3 is 19.7 Å². The Morgan fingerprint density at radius 1 is 0.500 bits per heavy atom. The van der Waals surface area contributed by atoms with Gasteiger partial charge in [0.2, 0.25) is 0 Å². The van der Waals surface area contributed by atoms with Crippen LogP contribution in [-0.2, 0) is 12.8 Å². The van der Waals surface area contributed by atoms with Gasteiger partial charge in [0.05, 0.1) is 13.2 Å². The predicted molar refractivity (Wildman–Crippen MR) is 119 cm³/mol. The molecule has 30 heavy (non-hydrogen) atoms. The van der Waals surface area contributed by atoms with Crippen LogP contribution >= 0.6 is 0 Å². The minimum absolute atomic E-state index is 0.273. The van der Waals surface area contributed by atoms with E-state index in [0.717, 1.165) is 46.2 Å². The summed E-state index contributed by atoms with van der Waals surface area (Å²) in [4.78, 5) is 0. The summed E-state index contributed by atoms with van der Waals surface area (Å²) in [6, 6.07) is 26.5. The fourth-order valence-electron chi connectivity index (χ4n) is 3.28. The number of phenols is 2. The molecule has 4 rings (SSSR count). The zero-order chi connectivity index (χ0) is 20.8. The number of fused-ring (bicyclic) bond motifs is 1. The Bertz CT molecular complexity index is 1020. The molecule has 2 N–H and O–H groups in total. The van der Waals surface area contributed by atoms with Crippen LogP contribution < -0.4 is 9.47 Å². The molecule has 0 atom stereocenters. The number of ether oxygens (including phenoxy) is 2. The number of benzene rings is 4. The lowest BCUT2D eigenvalue weighted by Gasteiger charge is -2.10. The van der Waals surface area contributed by atoms with Crippen molar-refractivity contribution in [2.45, 2.75) is 12.8 Å². The third-order valence-corrected chi connectivity index (χ3v) is 4.97. The van der Waals surface area contributed by atoms with Crippen LogP contribution in [-0.4, -0.2) is 23.4 Å². The monoisotopic (exact) mass is 400 g/mol. The second-order valence-corrected chi connectivity index (χ2v) is 7.20. The zero-order valence-corrected chi connectivity index (χ0v) is 16.6. The molecule has 152 valence electrons. The van der Waals surface area contributed by atoms with E-state index < -0.39 is 0 Å². The average molecular weight is 400 g/mol. The van der Waals surface area contributed by atoms with Crippen molar-refractivity contribution in [2.75, 3.05) is 13.2 Å². The summed E-state index contributed by atoms with van der Waals surface area (Å²) >= 11 is 0. The molecule has 0 saturated carbocycles. The summed E-state index contributed by atoms with van der Waals surface area (Å²) in [6.07, 6.45) is 1.55. The number of rotatable bonds is 8. The Morgan fingerprint density at radius 2 is 0.933 bits per heavy atom. The first-order valence-electron chi connectivity index (χ1n) is 10.0. The lowest BCUT2D eigenvalue weighted by atomic mass is 10.1. The number of hydrogen-bond acceptors (Lipinski definition) is 4. The molecule has 0 spiro atoms. The molecule has 0 amide bonds. The third-order valence-electron chi connectivity index (χ3n) is 4.97. The van der Waals surface area contributed by atoms with Gasteiger partial charge in [-0.1, -0.05) is 36.4 Å². The van der Waals surface area contributed by atoms with E-state index in [1.54, 1.807) is 24.3 Å². The molecule has 0 saturated heterocycles. The molecule has 0 radical (unpaired) electrons. The second-order valence-electron chi connectivity index (χ2n) is 7.20. The average Bonchev–Trinajstić information content (AvgIpc) is 2.76. The maximum Gasteiger partial charge on any atom is 0.119 e. The normalized spacial score (nSPS) is 10.8. The fourth-order valence-corrected chi connectivity index (χ4v) is 3.28. The van der Waals surface area contributed by atoms with Crippen molar-refractivity contribution in [3.63, 3.8) is 0 Å². The van der Waals surface area contributed by atoms with Crippen LogP contribution in [0.2, 0.25) is 0 Å². The van der Waals surface area contributed by atoms with E-state index in [1.807, 2.05) is 60.7 Å². The van der Waals surface area contributed by atoms with Crippen LogP contribution in [0.25, 0.3) is 10.8 Å². The molecule has 0 aliphatic carbocycles. The molecular formula is C26H24O4. The van der Waals surface area contributed by atoms with Crippen molar-refractivity contribution in [3.05, 3.63) is 96.1 Å². The molecule has 4 aromatic carbocycles. The summed E-state index contributed by atoms with van der Waals surface area (Å²) in [5, 5.41) is 20.9. The van der Waals surface area contributed by atoms with Gasteiger partial charge in [-0.25, -0.2) is 0 Å². The largest absolute Gasteiger partial charge is 0.508 e. The maximum atomic E-state index is 9.35. The fraction of sp³-hybridized carbons (Fsp3) is 0.154. The minimum Gasteiger partial charge on any atom is -0.508 e. The molecule has 0 aliphatic rings. The van der Waals surface area contributed by atoms with Gasteiger partial charge in [-0.05, 0) is 70.4 Å². The lowest BCUT2D eigenvalue weighted by Crippen LogP contribution is -2.02.